The number of hydrogen-bond donors (Lipinski definition) is 2. The first kappa shape index (κ1) is 35.2. The lowest BCUT2D eigenvalue weighted by Crippen LogP contribution is -2.46. The summed E-state index contributed by atoms with van der Waals surface area (Å²) in [7, 11) is -4.20. The second-order valence-corrected chi connectivity index (χ2v) is 14.8. The molecule has 12 nitrogen and oxygen atoms in total. The number of aromatic nitrogens is 1. The molecule has 3 N–H and O–H groups in total. The molecule has 49 heavy (non-hydrogen) atoms. The van der Waals surface area contributed by atoms with Crippen molar-refractivity contribution in [2.75, 3.05) is 6.61 Å². The van der Waals surface area contributed by atoms with Gasteiger partial charge in [0.25, 0.3) is 12.1 Å². The second kappa shape index (κ2) is 15.1. The summed E-state index contributed by atoms with van der Waals surface area (Å²) in [6.07, 6.45) is 4.42. The molecular weight excluding hydrogens is 649 g/mol. The van der Waals surface area contributed by atoms with Gasteiger partial charge in [0.15, 0.2) is 24.8 Å². The quantitative estimate of drug-likeness (QED) is 0.143. The lowest BCUT2D eigenvalue weighted by atomic mass is 9.98. The third kappa shape index (κ3) is 8.23. The maximum absolute atomic E-state index is 14.4. The highest BCUT2D eigenvalue weighted by molar-refractivity contribution is 7.52. The number of rotatable bonds is 12. The van der Waals surface area contributed by atoms with E-state index in [0.29, 0.717) is 11.3 Å². The zero-order chi connectivity index (χ0) is 34.7. The zero-order valence-electron chi connectivity index (χ0n) is 28.3. The summed E-state index contributed by atoms with van der Waals surface area (Å²) in [5.41, 5.74) is 9.96. The average molecular weight is 695 g/mol. The van der Waals surface area contributed by atoms with Crippen LogP contribution in [-0.4, -0.2) is 48.9 Å². The van der Waals surface area contributed by atoms with Gasteiger partial charge in [-0.15, -0.1) is 0 Å². The number of pyridine rings is 1. The van der Waals surface area contributed by atoms with Crippen LogP contribution in [0.15, 0.2) is 67.0 Å². The van der Waals surface area contributed by atoms with E-state index in [0.717, 1.165) is 54.4 Å². The number of primary amides is 1. The monoisotopic (exact) mass is 694 g/mol. The van der Waals surface area contributed by atoms with Gasteiger partial charge in [0.1, 0.15) is 35.7 Å². The summed E-state index contributed by atoms with van der Waals surface area (Å²) in [4.78, 5) is 25.1. The minimum absolute atomic E-state index is 0.166. The van der Waals surface area contributed by atoms with Crippen molar-refractivity contribution in [3.63, 3.8) is 0 Å². The minimum atomic E-state index is -4.20. The number of nitrogens with one attached hydrogen (secondary N) is 1. The van der Waals surface area contributed by atoms with E-state index in [-0.39, 0.29) is 12.7 Å². The highest BCUT2D eigenvalue weighted by Gasteiger charge is 2.58. The fourth-order valence-electron chi connectivity index (χ4n) is 6.83. The van der Waals surface area contributed by atoms with Crippen LogP contribution in [-0.2, 0) is 32.8 Å². The highest BCUT2D eigenvalue weighted by atomic mass is 31.2. The molecule has 1 saturated carbocycles. The molecule has 2 aliphatic heterocycles. The smallest absolute Gasteiger partial charge is 0.459 e. The van der Waals surface area contributed by atoms with E-state index in [1.54, 1.807) is 66.3 Å². The molecule has 1 amide bonds. The van der Waals surface area contributed by atoms with Gasteiger partial charge in [0.05, 0.1) is 6.61 Å². The summed E-state index contributed by atoms with van der Waals surface area (Å²) in [6, 6.07) is 15.1. The topological polar surface area (TPSA) is 149 Å². The molecule has 13 heteroatoms. The summed E-state index contributed by atoms with van der Waals surface area (Å²) in [6.45, 7) is 7.39. The van der Waals surface area contributed by atoms with Crippen molar-refractivity contribution in [3.8, 4) is 5.75 Å². The molecule has 0 radical (unpaired) electrons. The molecule has 2 unspecified atom stereocenters. The van der Waals surface area contributed by atoms with Gasteiger partial charge in [0.2, 0.25) is 0 Å². The Labute approximate surface area is 286 Å². The molecule has 3 fully saturated rings. The van der Waals surface area contributed by atoms with Gasteiger partial charge in [-0.25, -0.2) is 4.57 Å². The molecule has 3 aromatic rings. The predicted octanol–water partition coefficient (Wildman–Crippen LogP) is 5.44. The lowest BCUT2D eigenvalue weighted by Gasteiger charge is -2.27. The van der Waals surface area contributed by atoms with Crippen LogP contribution in [0.4, 0.5) is 0 Å². The molecule has 2 aromatic carbocycles. The second-order valence-electron chi connectivity index (χ2n) is 13.1. The molecule has 3 heterocycles. The largest absolute Gasteiger partial charge is 0.461 e. The van der Waals surface area contributed by atoms with E-state index in [4.69, 9.17) is 33.7 Å². The number of benzene rings is 2. The van der Waals surface area contributed by atoms with Crippen molar-refractivity contribution in [2.24, 2.45) is 5.73 Å². The van der Waals surface area contributed by atoms with Crippen molar-refractivity contribution >= 4 is 19.6 Å². The molecular formula is C36H45N3O9P+. The van der Waals surface area contributed by atoms with Crippen molar-refractivity contribution in [2.45, 2.75) is 103 Å². The number of esters is 1. The number of carbonyl (C=O) groups excluding carboxylic acids is 2. The Morgan fingerprint density at radius 3 is 2.37 bits per heavy atom. The van der Waals surface area contributed by atoms with Crippen LogP contribution in [0.25, 0.3) is 0 Å². The lowest BCUT2D eigenvalue weighted by molar-refractivity contribution is -0.766. The van der Waals surface area contributed by atoms with Crippen molar-refractivity contribution in [1.82, 2.24) is 5.09 Å². The van der Waals surface area contributed by atoms with Crippen LogP contribution >= 0.6 is 7.75 Å². The van der Waals surface area contributed by atoms with Crippen LogP contribution in [0.5, 0.6) is 5.75 Å². The van der Waals surface area contributed by atoms with Gasteiger partial charge in [-0.3, -0.25) is 14.1 Å². The van der Waals surface area contributed by atoms with E-state index < -0.39 is 56.5 Å². The molecule has 7 atom stereocenters. The molecule has 2 saturated heterocycles. The molecule has 3 aliphatic rings. The number of fused-ring (bicyclic) bond motifs is 1. The first-order valence-corrected chi connectivity index (χ1v) is 18.4. The maximum atomic E-state index is 14.4. The molecule has 1 aliphatic carbocycles. The van der Waals surface area contributed by atoms with Crippen molar-refractivity contribution in [3.05, 3.63) is 94.8 Å². The molecule has 6 rings (SSSR count). The van der Waals surface area contributed by atoms with Crippen LogP contribution in [0.3, 0.4) is 0 Å². The van der Waals surface area contributed by atoms with E-state index >= 15 is 0 Å². The summed E-state index contributed by atoms with van der Waals surface area (Å²) in [5.74, 6) is -0.828. The van der Waals surface area contributed by atoms with Crippen LogP contribution in [0.1, 0.15) is 84.2 Å². The number of aryl methyl sites for hydroxylation is 3. The maximum Gasteiger partial charge on any atom is 0.459 e. The van der Waals surface area contributed by atoms with Crippen LogP contribution in [0.2, 0.25) is 0 Å². The first-order valence-electron chi connectivity index (χ1n) is 16.8. The Kier molecular flexibility index (Phi) is 10.8. The minimum Gasteiger partial charge on any atom is -0.461 e. The number of ether oxygens (including phenoxy) is 4. The van der Waals surface area contributed by atoms with Gasteiger partial charge in [0, 0.05) is 11.6 Å². The number of para-hydroxylation sites is 1. The number of hydrogen-bond acceptors (Lipinski definition) is 9. The third-order valence-corrected chi connectivity index (χ3v) is 10.8. The average Bonchev–Trinajstić information content (AvgIpc) is 3.64. The number of amides is 1. The molecule has 1 aromatic heterocycles. The fourth-order valence-corrected chi connectivity index (χ4v) is 8.33. The van der Waals surface area contributed by atoms with E-state index in [1.165, 1.54) is 0 Å². The zero-order valence-corrected chi connectivity index (χ0v) is 29.2. The Hall–Kier alpha value is -3.64. The number of nitrogens with two attached hydrogens (primary N) is 1. The van der Waals surface area contributed by atoms with Gasteiger partial charge >= 0.3 is 13.7 Å². The Bertz CT molecular complexity index is 1680. The number of nitrogens with zero attached hydrogens (tertiary/aromatic N) is 1. The van der Waals surface area contributed by atoms with E-state index in [1.807, 2.05) is 20.8 Å². The number of carbonyl (C=O) groups is 2. The molecule has 0 spiro atoms. The van der Waals surface area contributed by atoms with Crippen molar-refractivity contribution in [1.29, 1.82) is 0 Å². The van der Waals surface area contributed by atoms with Crippen LogP contribution < -0.4 is 19.9 Å². The van der Waals surface area contributed by atoms with Crippen LogP contribution in [0, 0.1) is 20.8 Å². The van der Waals surface area contributed by atoms with E-state index in [2.05, 4.69) is 17.2 Å². The van der Waals surface area contributed by atoms with Gasteiger partial charge in [-0.2, -0.15) is 9.65 Å². The Morgan fingerprint density at radius 1 is 0.980 bits per heavy atom. The Morgan fingerprint density at radius 2 is 1.67 bits per heavy atom. The summed E-state index contributed by atoms with van der Waals surface area (Å²) >= 11 is 0. The summed E-state index contributed by atoms with van der Waals surface area (Å²) < 4.78 is 53.3. The normalized spacial score (nSPS) is 25.7. The van der Waals surface area contributed by atoms with Gasteiger partial charge in [-0.1, -0.05) is 42.3 Å². The third-order valence-electron chi connectivity index (χ3n) is 9.14. The van der Waals surface area contributed by atoms with E-state index in [9.17, 15) is 14.2 Å². The predicted molar refractivity (Wildman–Crippen MR) is 178 cm³/mol. The first-order chi connectivity index (χ1) is 23.5. The molecule has 0 bridgehead atoms. The van der Waals surface area contributed by atoms with Crippen molar-refractivity contribution < 1.29 is 46.7 Å². The van der Waals surface area contributed by atoms with Gasteiger partial charge in [-0.05, 0) is 82.7 Å². The standard InChI is InChI=1S/C36H44N3O9P/c1-22-18-23(2)30(24(3)19-22)36-46-31-29(45-34(32(31)47-36)39-17-11-12-26(20-39)33(37)40)21-43-49(42,48-28-15-9-6-10-16-28)38-25(4)35(41)44-27-13-7-5-8-14-27/h6,9-12,15-20,25,27,29,31-32,34,36H,5,7-8,13-14,21H2,1-4H3,(H2-,37,38,40,42)/p+1/t25-,29+,31+,32+,34+,36?,49?/m0/s1. The highest BCUT2D eigenvalue weighted by Crippen LogP contribution is 2.48. The summed E-state index contributed by atoms with van der Waals surface area (Å²) in [5, 5.41) is 2.78. The Balaban J connectivity index is 1.24. The molecule has 262 valence electrons. The van der Waals surface area contributed by atoms with Gasteiger partial charge < -0.3 is 29.2 Å². The fraction of sp³-hybridized carbons (Fsp3) is 0.472. The SMILES string of the molecule is Cc1cc(C)c(C2O[C@@H]3[C@H](O2)[C@@H](COP(=O)(N[C@@H](C)C(=O)OC2CCCCC2)Oc2ccccc2)O[C@H]3[n+]2cccc(C(N)=O)c2)c(C)c1.